The molecule has 0 aliphatic carbocycles. The molecule has 5 nitrogen and oxygen atoms in total. The number of nitrogens with zero attached hydrogens (tertiary/aromatic N) is 2. The van der Waals surface area contributed by atoms with Gasteiger partial charge in [0, 0.05) is 47.6 Å². The van der Waals surface area contributed by atoms with E-state index in [2.05, 4.69) is 10.6 Å². The van der Waals surface area contributed by atoms with Gasteiger partial charge in [-0.15, -0.1) is 0 Å². The molecule has 1 amide bonds. The summed E-state index contributed by atoms with van der Waals surface area (Å²) >= 11 is 12.2. The first kappa shape index (κ1) is 24.9. The Bertz CT molecular complexity index is 1040. The van der Waals surface area contributed by atoms with Crippen molar-refractivity contribution in [1.82, 2.24) is 10.2 Å². The van der Waals surface area contributed by atoms with Gasteiger partial charge in [-0.25, -0.2) is 0 Å². The lowest BCUT2D eigenvalue weighted by molar-refractivity contribution is -0.137. The van der Waals surface area contributed by atoms with Crippen LogP contribution in [0.2, 0.25) is 10.0 Å². The molecule has 2 atom stereocenters. The third-order valence-electron chi connectivity index (χ3n) is 6.42. The maximum absolute atomic E-state index is 13.7. The highest BCUT2D eigenvalue weighted by Gasteiger charge is 2.35. The number of anilines is 2. The normalized spacial score (nSPS) is 19.9. The van der Waals surface area contributed by atoms with Crippen LogP contribution in [0.15, 0.2) is 36.4 Å². The third kappa shape index (κ3) is 5.56. The Morgan fingerprint density at radius 3 is 2.47 bits per heavy atom. The molecule has 2 saturated heterocycles. The summed E-state index contributed by atoms with van der Waals surface area (Å²) in [4.78, 5) is 16.5. The van der Waals surface area contributed by atoms with Gasteiger partial charge in [0.25, 0.3) is 0 Å². The number of benzene rings is 2. The summed E-state index contributed by atoms with van der Waals surface area (Å²) in [7, 11) is 0. The van der Waals surface area contributed by atoms with Crippen molar-refractivity contribution in [3.05, 3.63) is 57.6 Å². The van der Waals surface area contributed by atoms with Crippen LogP contribution in [0.4, 0.5) is 24.5 Å². The Labute approximate surface area is 207 Å². The van der Waals surface area contributed by atoms with E-state index in [0.717, 1.165) is 25.5 Å². The number of halogens is 5. The Kier molecular flexibility index (Phi) is 7.50. The van der Waals surface area contributed by atoms with Gasteiger partial charge in [-0.1, -0.05) is 29.3 Å². The number of piperazine rings is 1. The van der Waals surface area contributed by atoms with Gasteiger partial charge >= 0.3 is 6.18 Å². The number of carbonyl (C=O) groups is 1. The molecule has 0 saturated carbocycles. The lowest BCUT2D eigenvalue weighted by atomic mass is 10.1. The van der Waals surface area contributed by atoms with Gasteiger partial charge in [-0.3, -0.25) is 4.79 Å². The molecule has 2 aliphatic heterocycles. The highest BCUT2D eigenvalue weighted by molar-refractivity contribution is 6.35. The quantitative estimate of drug-likeness (QED) is 0.546. The minimum atomic E-state index is -4.51. The van der Waals surface area contributed by atoms with E-state index >= 15 is 0 Å². The van der Waals surface area contributed by atoms with E-state index < -0.39 is 17.8 Å². The average Bonchev–Trinajstić information content (AvgIpc) is 3.33. The van der Waals surface area contributed by atoms with Crippen LogP contribution in [0.25, 0.3) is 0 Å². The van der Waals surface area contributed by atoms with Crippen LogP contribution in [-0.2, 0) is 11.0 Å². The smallest absolute Gasteiger partial charge is 0.378 e. The molecule has 2 aliphatic rings. The van der Waals surface area contributed by atoms with Crippen molar-refractivity contribution in [3.63, 3.8) is 0 Å². The number of hydrogen-bond donors (Lipinski definition) is 2. The van der Waals surface area contributed by atoms with Crippen LogP contribution in [0.1, 0.15) is 36.9 Å². The van der Waals surface area contributed by atoms with Crippen molar-refractivity contribution < 1.29 is 18.0 Å². The van der Waals surface area contributed by atoms with Gasteiger partial charge < -0.3 is 20.4 Å². The molecule has 184 valence electrons. The number of rotatable bonds is 5. The number of hydrogen-bond acceptors (Lipinski definition) is 4. The topological polar surface area (TPSA) is 47.6 Å². The molecule has 0 radical (unpaired) electrons. The standard InChI is InChI=1S/C24H27Cl2F3N4O/c1-15(18-6-4-16(25)13-20(18)26)31-22-14-17(5-7-19(22)24(27,28)29)32-9-11-33(12-10-32)23(34)21-3-2-8-30-21/h4-7,13-15,21,30-31H,2-3,8-12H2,1H3. The van der Waals surface area contributed by atoms with Crippen LogP contribution >= 0.6 is 23.2 Å². The fourth-order valence-corrected chi connectivity index (χ4v) is 5.13. The Morgan fingerprint density at radius 1 is 1.12 bits per heavy atom. The fourth-order valence-electron chi connectivity index (χ4n) is 4.56. The van der Waals surface area contributed by atoms with Crippen molar-refractivity contribution in [1.29, 1.82) is 0 Å². The molecule has 2 fully saturated rings. The van der Waals surface area contributed by atoms with Gasteiger partial charge in [0.2, 0.25) is 5.91 Å². The molecule has 2 aromatic carbocycles. The Morgan fingerprint density at radius 2 is 1.85 bits per heavy atom. The monoisotopic (exact) mass is 514 g/mol. The van der Waals surface area contributed by atoms with Crippen LogP contribution in [0, 0.1) is 0 Å². The zero-order valence-electron chi connectivity index (χ0n) is 18.8. The van der Waals surface area contributed by atoms with E-state index in [1.165, 1.54) is 12.1 Å². The summed E-state index contributed by atoms with van der Waals surface area (Å²) in [5.74, 6) is 0.112. The molecule has 0 spiro atoms. The van der Waals surface area contributed by atoms with E-state index in [4.69, 9.17) is 23.2 Å². The minimum absolute atomic E-state index is 0.0165. The van der Waals surface area contributed by atoms with Gasteiger partial charge in [-0.05, 0) is 62.2 Å². The second-order valence-electron chi connectivity index (χ2n) is 8.72. The van der Waals surface area contributed by atoms with E-state index in [0.29, 0.717) is 47.5 Å². The summed E-state index contributed by atoms with van der Waals surface area (Å²) in [5, 5.41) is 7.06. The second kappa shape index (κ2) is 10.2. The molecular formula is C24H27Cl2F3N4O. The first-order chi connectivity index (χ1) is 16.1. The maximum atomic E-state index is 13.7. The van der Waals surface area contributed by atoms with E-state index in [1.807, 2.05) is 9.80 Å². The Balaban J connectivity index is 1.51. The fraction of sp³-hybridized carbons (Fsp3) is 0.458. The minimum Gasteiger partial charge on any atom is -0.378 e. The molecular weight excluding hydrogens is 488 g/mol. The molecule has 2 unspecified atom stereocenters. The van der Waals surface area contributed by atoms with Crippen molar-refractivity contribution in [2.45, 2.75) is 38.0 Å². The predicted octanol–water partition coefficient (Wildman–Crippen LogP) is 5.59. The lowest BCUT2D eigenvalue weighted by Crippen LogP contribution is -2.53. The molecule has 2 N–H and O–H groups in total. The number of amides is 1. The number of alkyl halides is 3. The zero-order chi connectivity index (χ0) is 24.5. The van der Waals surface area contributed by atoms with Crippen molar-refractivity contribution in [2.75, 3.05) is 42.9 Å². The van der Waals surface area contributed by atoms with Crippen molar-refractivity contribution in [3.8, 4) is 0 Å². The zero-order valence-corrected chi connectivity index (χ0v) is 20.3. The molecule has 34 heavy (non-hydrogen) atoms. The lowest BCUT2D eigenvalue weighted by Gasteiger charge is -2.37. The molecule has 10 heteroatoms. The van der Waals surface area contributed by atoms with Crippen molar-refractivity contribution >= 4 is 40.5 Å². The first-order valence-electron chi connectivity index (χ1n) is 11.3. The molecule has 0 bridgehead atoms. The van der Waals surface area contributed by atoms with Crippen LogP contribution in [0.5, 0.6) is 0 Å². The average molecular weight is 515 g/mol. The maximum Gasteiger partial charge on any atom is 0.418 e. The third-order valence-corrected chi connectivity index (χ3v) is 6.99. The summed E-state index contributed by atoms with van der Waals surface area (Å²) in [6, 6.07) is 8.46. The number of carbonyl (C=O) groups excluding carboxylic acids is 1. The second-order valence-corrected chi connectivity index (χ2v) is 9.56. The summed E-state index contributed by atoms with van der Waals surface area (Å²) in [5.41, 5.74) is 0.569. The molecule has 0 aromatic heterocycles. The largest absolute Gasteiger partial charge is 0.418 e. The van der Waals surface area contributed by atoms with Gasteiger partial charge in [0.15, 0.2) is 0 Å². The van der Waals surface area contributed by atoms with E-state index in [1.54, 1.807) is 25.1 Å². The predicted molar refractivity (Wildman–Crippen MR) is 130 cm³/mol. The SMILES string of the molecule is CC(Nc1cc(N2CCN(C(=O)C3CCCN3)CC2)ccc1C(F)(F)F)c1ccc(Cl)cc1Cl. The highest BCUT2D eigenvalue weighted by atomic mass is 35.5. The van der Waals surface area contributed by atoms with Crippen molar-refractivity contribution in [2.24, 2.45) is 0 Å². The molecule has 2 aromatic rings. The van der Waals surface area contributed by atoms with Gasteiger partial charge in [0.05, 0.1) is 17.6 Å². The van der Waals surface area contributed by atoms with E-state index in [9.17, 15) is 18.0 Å². The molecule has 2 heterocycles. The first-order valence-corrected chi connectivity index (χ1v) is 12.1. The highest BCUT2D eigenvalue weighted by Crippen LogP contribution is 2.39. The van der Waals surface area contributed by atoms with E-state index in [-0.39, 0.29) is 17.6 Å². The van der Waals surface area contributed by atoms with Gasteiger partial charge in [-0.2, -0.15) is 13.2 Å². The Hall–Kier alpha value is -2.16. The summed E-state index contributed by atoms with van der Waals surface area (Å²) < 4.78 is 41.2. The van der Waals surface area contributed by atoms with Crippen LogP contribution in [0.3, 0.4) is 0 Å². The van der Waals surface area contributed by atoms with Crippen LogP contribution in [-0.4, -0.2) is 49.6 Å². The number of nitrogens with one attached hydrogen (secondary N) is 2. The summed E-state index contributed by atoms with van der Waals surface area (Å²) in [6.07, 6.45) is -2.66. The van der Waals surface area contributed by atoms with Gasteiger partial charge in [0.1, 0.15) is 0 Å². The summed E-state index contributed by atoms with van der Waals surface area (Å²) in [6.45, 7) is 4.81. The molecule has 4 rings (SSSR count). The van der Waals surface area contributed by atoms with Crippen LogP contribution < -0.4 is 15.5 Å².